The zero-order valence-electron chi connectivity index (χ0n) is 6.32. The Kier molecular flexibility index (Phi) is 82.7. The minimum atomic E-state index is 0. The number of allylic oxidation sites excluding steroid dienone is 4. The second-order valence-electron chi connectivity index (χ2n) is 1.00. The fraction of sp³-hybridized carbons (Fsp3) is 0.286. The standard InChI is InChI=1S/C5H5.C2H5.3ClH.V/c1-2-4-5-3-1;1-2;;;;/h1-3H,4H2;1H2,2H3;3*1H;/q2*-1;;;;+2. The fourth-order valence-electron chi connectivity index (χ4n) is 0.340. The molecule has 67 valence electrons. The van der Waals surface area contributed by atoms with Gasteiger partial charge in [-0.25, -0.2) is 12.2 Å². The monoisotopic (exact) mass is 253 g/mol. The minimum Gasteiger partial charge on any atom is -0.346 e. The summed E-state index contributed by atoms with van der Waals surface area (Å²) in [4.78, 5) is 0. The van der Waals surface area contributed by atoms with E-state index in [1.54, 1.807) is 6.92 Å². The van der Waals surface area contributed by atoms with Gasteiger partial charge in [0.1, 0.15) is 0 Å². The molecule has 0 aromatic carbocycles. The van der Waals surface area contributed by atoms with Crippen LogP contribution in [0.25, 0.3) is 0 Å². The maximum Gasteiger partial charge on any atom is 2.00 e. The van der Waals surface area contributed by atoms with Crippen molar-refractivity contribution >= 4 is 37.2 Å². The molecule has 0 saturated heterocycles. The predicted molar refractivity (Wildman–Crippen MR) is 54.3 cm³/mol. The molecule has 0 amide bonds. The molecule has 1 aliphatic carbocycles. The van der Waals surface area contributed by atoms with E-state index in [0.29, 0.717) is 0 Å². The average molecular weight is 254 g/mol. The van der Waals surface area contributed by atoms with Crippen molar-refractivity contribution in [2.75, 3.05) is 0 Å². The van der Waals surface area contributed by atoms with Crippen molar-refractivity contribution in [3.63, 3.8) is 0 Å². The van der Waals surface area contributed by atoms with Gasteiger partial charge in [-0.1, -0.05) is 0 Å². The van der Waals surface area contributed by atoms with E-state index in [9.17, 15) is 0 Å². The Labute approximate surface area is 100 Å². The predicted octanol–water partition coefficient (Wildman–Crippen LogP) is 3.41. The van der Waals surface area contributed by atoms with E-state index in [4.69, 9.17) is 0 Å². The van der Waals surface area contributed by atoms with Gasteiger partial charge in [-0.05, 0) is 0 Å². The molecule has 1 radical (unpaired) electrons. The van der Waals surface area contributed by atoms with Crippen molar-refractivity contribution in [2.24, 2.45) is 0 Å². The summed E-state index contributed by atoms with van der Waals surface area (Å²) < 4.78 is 0. The summed E-state index contributed by atoms with van der Waals surface area (Å²) in [6.07, 6.45) is 10.0. The van der Waals surface area contributed by atoms with Gasteiger partial charge in [0.25, 0.3) is 0 Å². The van der Waals surface area contributed by atoms with Crippen molar-refractivity contribution in [1.29, 1.82) is 0 Å². The van der Waals surface area contributed by atoms with Crippen LogP contribution in [-0.2, 0) is 18.6 Å². The molecule has 0 atom stereocenters. The van der Waals surface area contributed by atoms with Crippen LogP contribution in [0.1, 0.15) is 13.3 Å². The smallest absolute Gasteiger partial charge is 0.346 e. The number of rotatable bonds is 0. The second kappa shape index (κ2) is 30.6. The normalized spacial score (nSPS) is 8.55. The Balaban J connectivity index is -0.0000000189. The van der Waals surface area contributed by atoms with E-state index < -0.39 is 0 Å². The Hall–Kier alpha value is 0.934. The molecule has 0 aromatic heterocycles. The van der Waals surface area contributed by atoms with Gasteiger partial charge < -0.3 is 6.92 Å². The molecular formula is C7H13Cl3V. The van der Waals surface area contributed by atoms with E-state index in [2.05, 4.69) is 19.1 Å². The molecule has 0 unspecified atom stereocenters. The van der Waals surface area contributed by atoms with Gasteiger partial charge in [-0.2, -0.15) is 13.0 Å². The van der Waals surface area contributed by atoms with E-state index in [-0.39, 0.29) is 55.8 Å². The van der Waals surface area contributed by atoms with Crippen LogP contribution >= 0.6 is 37.2 Å². The van der Waals surface area contributed by atoms with E-state index >= 15 is 0 Å². The average Bonchev–Trinajstić information content (AvgIpc) is 2.23. The van der Waals surface area contributed by atoms with Crippen LogP contribution in [0.15, 0.2) is 18.2 Å². The van der Waals surface area contributed by atoms with Gasteiger partial charge in [-0.3, -0.25) is 6.08 Å². The Morgan fingerprint density at radius 2 is 1.64 bits per heavy atom. The molecule has 0 bridgehead atoms. The van der Waals surface area contributed by atoms with Gasteiger partial charge in [0.2, 0.25) is 0 Å². The van der Waals surface area contributed by atoms with Crippen molar-refractivity contribution in [2.45, 2.75) is 13.3 Å². The van der Waals surface area contributed by atoms with Gasteiger partial charge in [0, 0.05) is 0 Å². The zero-order valence-corrected chi connectivity index (χ0v) is 10.2. The molecule has 0 saturated carbocycles. The molecular weight excluding hydrogens is 241 g/mol. The topological polar surface area (TPSA) is 0 Å². The van der Waals surface area contributed by atoms with Crippen LogP contribution in [0.3, 0.4) is 0 Å². The molecule has 1 rings (SSSR count). The summed E-state index contributed by atoms with van der Waals surface area (Å²) in [7, 11) is 0. The summed E-state index contributed by atoms with van der Waals surface area (Å²) in [6, 6.07) is 0. The van der Waals surface area contributed by atoms with Gasteiger partial charge in [0.15, 0.2) is 0 Å². The summed E-state index contributed by atoms with van der Waals surface area (Å²) in [6.45, 7) is 5.00. The largest absolute Gasteiger partial charge is 2.00 e. The van der Waals surface area contributed by atoms with E-state index in [1.165, 1.54) is 0 Å². The van der Waals surface area contributed by atoms with Crippen molar-refractivity contribution < 1.29 is 18.6 Å². The minimum absolute atomic E-state index is 0. The maximum atomic E-state index is 3.25. The van der Waals surface area contributed by atoms with Crippen molar-refractivity contribution in [1.82, 2.24) is 0 Å². The first-order chi connectivity index (χ1) is 3.50. The SMILES string of the molecule is Cl.Cl.Cl.[C-]1=CC=CC1.[CH2-]C.[V+2]. The molecule has 0 heterocycles. The van der Waals surface area contributed by atoms with Crippen LogP contribution in [0.5, 0.6) is 0 Å². The molecule has 0 N–H and O–H groups in total. The van der Waals surface area contributed by atoms with Crippen molar-refractivity contribution in [3.05, 3.63) is 31.2 Å². The summed E-state index contributed by atoms with van der Waals surface area (Å²) in [5, 5.41) is 0. The fourth-order valence-corrected chi connectivity index (χ4v) is 0.340. The molecule has 4 heteroatoms. The van der Waals surface area contributed by atoms with Gasteiger partial charge >= 0.3 is 18.6 Å². The summed E-state index contributed by atoms with van der Waals surface area (Å²) in [5.74, 6) is 0. The number of hydrogen-bond acceptors (Lipinski definition) is 0. The van der Waals surface area contributed by atoms with Crippen LogP contribution in [0.2, 0.25) is 0 Å². The molecule has 0 aromatic rings. The number of hydrogen-bond donors (Lipinski definition) is 0. The van der Waals surface area contributed by atoms with Crippen LogP contribution in [0, 0.1) is 13.0 Å². The molecule has 0 spiro atoms. The van der Waals surface area contributed by atoms with Gasteiger partial charge in [0.05, 0.1) is 0 Å². The molecule has 0 fully saturated rings. The number of halogens is 3. The first-order valence-electron chi connectivity index (χ1n) is 2.42. The second-order valence-corrected chi connectivity index (χ2v) is 1.00. The van der Waals surface area contributed by atoms with Crippen molar-refractivity contribution in [3.8, 4) is 0 Å². The van der Waals surface area contributed by atoms with Crippen LogP contribution < -0.4 is 0 Å². The van der Waals surface area contributed by atoms with Crippen LogP contribution in [-0.4, -0.2) is 0 Å². The quantitative estimate of drug-likeness (QED) is 0.581. The van der Waals surface area contributed by atoms with Gasteiger partial charge in [-0.15, -0.1) is 43.6 Å². The molecule has 0 aliphatic heterocycles. The Morgan fingerprint density at radius 1 is 1.18 bits per heavy atom. The third kappa shape index (κ3) is 24.8. The summed E-state index contributed by atoms with van der Waals surface area (Å²) in [5.41, 5.74) is 0. The van der Waals surface area contributed by atoms with E-state index in [1.807, 2.05) is 12.2 Å². The Morgan fingerprint density at radius 3 is 1.73 bits per heavy atom. The zero-order chi connectivity index (χ0) is 5.54. The maximum absolute atomic E-state index is 3.25. The Bertz CT molecular complexity index is 71.8. The third-order valence-electron chi connectivity index (χ3n) is 0.586. The molecule has 1 aliphatic rings. The first kappa shape index (κ1) is 29.7. The third-order valence-corrected chi connectivity index (χ3v) is 0.586. The summed E-state index contributed by atoms with van der Waals surface area (Å²) >= 11 is 0. The molecule has 11 heavy (non-hydrogen) atoms. The first-order valence-corrected chi connectivity index (χ1v) is 2.42. The van der Waals surface area contributed by atoms with E-state index in [0.717, 1.165) is 6.42 Å². The molecule has 0 nitrogen and oxygen atoms in total. The van der Waals surface area contributed by atoms with Crippen LogP contribution in [0.4, 0.5) is 0 Å².